The van der Waals surface area contributed by atoms with Gasteiger partial charge in [0.05, 0.1) is 10.9 Å². The Morgan fingerprint density at radius 2 is 1.56 bits per heavy atom. The second kappa shape index (κ2) is 5.39. The SMILES string of the molecule is CC(Cl)c1nc(Cl)c(-c2ccc(F)cc2)c(Cl)n1. The Balaban J connectivity index is 2.55. The van der Waals surface area contributed by atoms with Gasteiger partial charge in [0.15, 0.2) is 0 Å². The van der Waals surface area contributed by atoms with Gasteiger partial charge in [-0.05, 0) is 24.6 Å². The first kappa shape index (κ1) is 13.5. The molecule has 0 aliphatic rings. The van der Waals surface area contributed by atoms with Crippen LogP contribution in [-0.2, 0) is 0 Å². The van der Waals surface area contributed by atoms with E-state index in [4.69, 9.17) is 34.8 Å². The van der Waals surface area contributed by atoms with Crippen LogP contribution in [0.3, 0.4) is 0 Å². The van der Waals surface area contributed by atoms with Crippen LogP contribution in [0.1, 0.15) is 18.1 Å². The number of hydrogen-bond donors (Lipinski definition) is 0. The average molecular weight is 306 g/mol. The molecule has 94 valence electrons. The minimum atomic E-state index is -0.387. The topological polar surface area (TPSA) is 25.8 Å². The van der Waals surface area contributed by atoms with Gasteiger partial charge in [0.2, 0.25) is 0 Å². The summed E-state index contributed by atoms with van der Waals surface area (Å²) < 4.78 is 12.9. The summed E-state index contributed by atoms with van der Waals surface area (Å²) in [4.78, 5) is 8.15. The third kappa shape index (κ3) is 2.74. The summed E-state index contributed by atoms with van der Waals surface area (Å²) in [6, 6.07) is 5.77. The molecule has 6 heteroatoms. The Bertz CT molecular complexity index is 547. The maximum absolute atomic E-state index is 12.9. The largest absolute Gasteiger partial charge is 0.219 e. The van der Waals surface area contributed by atoms with Crippen molar-refractivity contribution in [2.75, 3.05) is 0 Å². The van der Waals surface area contributed by atoms with Crippen molar-refractivity contribution in [2.45, 2.75) is 12.3 Å². The van der Waals surface area contributed by atoms with Crippen LogP contribution in [0.25, 0.3) is 11.1 Å². The number of hydrogen-bond acceptors (Lipinski definition) is 2. The quantitative estimate of drug-likeness (QED) is 0.583. The van der Waals surface area contributed by atoms with Crippen molar-refractivity contribution in [3.63, 3.8) is 0 Å². The molecule has 0 aliphatic heterocycles. The van der Waals surface area contributed by atoms with E-state index in [-0.39, 0.29) is 21.5 Å². The molecule has 2 nitrogen and oxygen atoms in total. The number of alkyl halides is 1. The van der Waals surface area contributed by atoms with E-state index in [1.165, 1.54) is 12.1 Å². The first-order chi connectivity index (χ1) is 8.49. The fourth-order valence-electron chi connectivity index (χ4n) is 1.46. The number of nitrogens with zero attached hydrogens (tertiary/aromatic N) is 2. The van der Waals surface area contributed by atoms with Gasteiger partial charge in [-0.3, -0.25) is 0 Å². The zero-order valence-electron chi connectivity index (χ0n) is 9.29. The molecule has 0 saturated heterocycles. The van der Waals surface area contributed by atoms with E-state index in [9.17, 15) is 4.39 Å². The Morgan fingerprint density at radius 3 is 2.00 bits per heavy atom. The van der Waals surface area contributed by atoms with Crippen molar-refractivity contribution in [1.29, 1.82) is 0 Å². The smallest absolute Gasteiger partial charge is 0.149 e. The maximum Gasteiger partial charge on any atom is 0.149 e. The molecule has 2 aromatic rings. The minimum Gasteiger partial charge on any atom is -0.219 e. The van der Waals surface area contributed by atoms with Crippen molar-refractivity contribution in [2.24, 2.45) is 0 Å². The van der Waals surface area contributed by atoms with Gasteiger partial charge in [-0.25, -0.2) is 14.4 Å². The van der Waals surface area contributed by atoms with Gasteiger partial charge < -0.3 is 0 Å². The van der Waals surface area contributed by atoms with Crippen LogP contribution in [0.5, 0.6) is 0 Å². The van der Waals surface area contributed by atoms with E-state index in [2.05, 4.69) is 9.97 Å². The number of benzene rings is 1. The highest BCUT2D eigenvalue weighted by Crippen LogP contribution is 2.33. The molecule has 2 rings (SSSR count). The molecule has 1 heterocycles. The third-order valence-electron chi connectivity index (χ3n) is 2.33. The highest BCUT2D eigenvalue weighted by Gasteiger charge is 2.15. The van der Waals surface area contributed by atoms with Crippen LogP contribution in [0.4, 0.5) is 4.39 Å². The zero-order chi connectivity index (χ0) is 13.3. The van der Waals surface area contributed by atoms with E-state index in [1.807, 2.05) is 0 Å². The van der Waals surface area contributed by atoms with Gasteiger partial charge in [-0.2, -0.15) is 0 Å². The Morgan fingerprint density at radius 1 is 1.06 bits per heavy atom. The summed E-state index contributed by atoms with van der Waals surface area (Å²) >= 11 is 18.0. The molecule has 0 saturated carbocycles. The lowest BCUT2D eigenvalue weighted by molar-refractivity contribution is 0.628. The van der Waals surface area contributed by atoms with Gasteiger partial charge in [0, 0.05) is 0 Å². The Hall–Kier alpha value is -0.900. The fraction of sp³-hybridized carbons (Fsp3) is 0.167. The molecule has 0 amide bonds. The molecule has 1 atom stereocenters. The third-order valence-corrected chi connectivity index (χ3v) is 3.07. The summed E-state index contributed by atoms with van der Waals surface area (Å²) in [5, 5.41) is 0.00971. The normalized spacial score (nSPS) is 12.5. The van der Waals surface area contributed by atoms with Crippen LogP contribution in [0, 0.1) is 5.82 Å². The molecule has 0 aliphatic carbocycles. The van der Waals surface area contributed by atoms with Crippen LogP contribution < -0.4 is 0 Å². The maximum atomic E-state index is 12.9. The zero-order valence-corrected chi connectivity index (χ0v) is 11.6. The van der Waals surface area contributed by atoms with Gasteiger partial charge in [0.25, 0.3) is 0 Å². The summed E-state index contributed by atoms with van der Waals surface area (Å²) in [5.41, 5.74) is 1.12. The predicted octanol–water partition coefficient (Wildman–Crippen LogP) is 4.89. The predicted molar refractivity (Wildman–Crippen MR) is 71.7 cm³/mol. The van der Waals surface area contributed by atoms with E-state index in [0.717, 1.165) is 0 Å². The summed E-state index contributed by atoms with van der Waals surface area (Å²) in [7, 11) is 0. The molecule has 1 aromatic heterocycles. The van der Waals surface area contributed by atoms with Crippen molar-refractivity contribution in [3.8, 4) is 11.1 Å². The molecular weight excluding hydrogens is 298 g/mol. The highest BCUT2D eigenvalue weighted by molar-refractivity contribution is 6.37. The summed E-state index contributed by atoms with van der Waals surface area (Å²) in [5.74, 6) is 0.0236. The van der Waals surface area contributed by atoms with Crippen molar-refractivity contribution in [3.05, 3.63) is 46.2 Å². The highest BCUT2D eigenvalue weighted by atomic mass is 35.5. The van der Waals surface area contributed by atoms with Crippen molar-refractivity contribution < 1.29 is 4.39 Å². The molecule has 0 spiro atoms. The van der Waals surface area contributed by atoms with Crippen LogP contribution in [0.2, 0.25) is 10.3 Å². The number of aromatic nitrogens is 2. The average Bonchev–Trinajstić information content (AvgIpc) is 2.30. The number of halogens is 4. The molecule has 0 radical (unpaired) electrons. The molecule has 1 unspecified atom stereocenters. The van der Waals surface area contributed by atoms with Gasteiger partial charge in [-0.15, -0.1) is 11.6 Å². The second-order valence-electron chi connectivity index (χ2n) is 3.66. The number of rotatable bonds is 2. The van der Waals surface area contributed by atoms with Crippen LogP contribution >= 0.6 is 34.8 Å². The molecule has 18 heavy (non-hydrogen) atoms. The molecule has 0 N–H and O–H groups in total. The molecule has 0 fully saturated rings. The lowest BCUT2D eigenvalue weighted by Crippen LogP contribution is -1.99. The van der Waals surface area contributed by atoms with Gasteiger partial charge in [-0.1, -0.05) is 35.3 Å². The molecule has 0 bridgehead atoms. The Kier molecular flexibility index (Phi) is 4.05. The van der Waals surface area contributed by atoms with E-state index < -0.39 is 0 Å². The Labute approximate surface area is 119 Å². The monoisotopic (exact) mass is 304 g/mol. The first-order valence-corrected chi connectivity index (χ1v) is 6.31. The lowest BCUT2D eigenvalue weighted by atomic mass is 10.1. The molecular formula is C12H8Cl3FN2. The summed E-state index contributed by atoms with van der Waals surface area (Å²) in [6.45, 7) is 1.72. The fourth-order valence-corrected chi connectivity index (χ4v) is 2.17. The standard InChI is InChI=1S/C12H8Cl3FN2/c1-6(13)12-17-10(14)9(11(15)18-12)7-2-4-8(16)5-3-7/h2-6H,1H3. The van der Waals surface area contributed by atoms with Crippen LogP contribution in [-0.4, -0.2) is 9.97 Å². The van der Waals surface area contributed by atoms with Crippen molar-refractivity contribution in [1.82, 2.24) is 9.97 Å². The van der Waals surface area contributed by atoms with Gasteiger partial charge in [0.1, 0.15) is 21.9 Å². The van der Waals surface area contributed by atoms with E-state index in [1.54, 1.807) is 19.1 Å². The second-order valence-corrected chi connectivity index (χ2v) is 5.03. The summed E-state index contributed by atoms with van der Waals surface area (Å²) in [6.07, 6.45) is 0. The lowest BCUT2D eigenvalue weighted by Gasteiger charge is -2.09. The van der Waals surface area contributed by atoms with Gasteiger partial charge >= 0.3 is 0 Å². The first-order valence-electron chi connectivity index (χ1n) is 5.12. The minimum absolute atomic E-state index is 0.198. The van der Waals surface area contributed by atoms with Crippen molar-refractivity contribution >= 4 is 34.8 Å². The van der Waals surface area contributed by atoms with E-state index >= 15 is 0 Å². The molecule has 1 aromatic carbocycles. The van der Waals surface area contributed by atoms with Crippen LogP contribution in [0.15, 0.2) is 24.3 Å². The van der Waals surface area contributed by atoms with E-state index in [0.29, 0.717) is 17.0 Å².